The lowest BCUT2D eigenvalue weighted by molar-refractivity contribution is 0.0567. The molecule has 0 aliphatic carbocycles. The Kier molecular flexibility index (Phi) is 2.11. The zero-order valence-electron chi connectivity index (χ0n) is 8.53. The smallest absolute Gasteiger partial charge is 0.373 e. The maximum Gasteiger partial charge on any atom is 0.373 e. The Morgan fingerprint density at radius 1 is 1.40 bits per heavy atom. The molecule has 0 aliphatic rings. The number of carbonyl (C=O) groups is 1. The molecular weight excluding hydrogens is 194 g/mol. The van der Waals surface area contributed by atoms with E-state index in [-0.39, 0.29) is 5.76 Å². The molecule has 0 saturated carbocycles. The van der Waals surface area contributed by atoms with Crippen LogP contribution in [0, 0.1) is 6.92 Å². The molecule has 1 aromatic heterocycles. The summed E-state index contributed by atoms with van der Waals surface area (Å²) in [7, 11) is 1.31. The monoisotopic (exact) mass is 205 g/mol. The van der Waals surface area contributed by atoms with E-state index >= 15 is 0 Å². The molecule has 2 rings (SSSR count). The number of fused-ring (bicyclic) bond motifs is 1. The summed E-state index contributed by atoms with van der Waals surface area (Å²) in [6, 6.07) is 5.20. The highest BCUT2D eigenvalue weighted by molar-refractivity contribution is 5.93. The largest absolute Gasteiger partial charge is 0.463 e. The summed E-state index contributed by atoms with van der Waals surface area (Å²) < 4.78 is 9.89. The van der Waals surface area contributed by atoms with Crippen molar-refractivity contribution in [3.63, 3.8) is 0 Å². The summed E-state index contributed by atoms with van der Waals surface area (Å²) >= 11 is 0. The van der Waals surface area contributed by atoms with E-state index in [0.29, 0.717) is 11.3 Å². The Hall–Kier alpha value is -1.97. The minimum Gasteiger partial charge on any atom is -0.463 e. The topological polar surface area (TPSA) is 65.5 Å². The van der Waals surface area contributed by atoms with Gasteiger partial charge in [-0.05, 0) is 30.7 Å². The molecule has 2 aromatic rings. The number of hydrogen-bond donors (Lipinski definition) is 1. The Morgan fingerprint density at radius 2 is 2.13 bits per heavy atom. The predicted octanol–water partition coefficient (Wildman–Crippen LogP) is 2.11. The minimum absolute atomic E-state index is 0.192. The number of nitrogen functional groups attached to an aromatic ring is 1. The zero-order valence-corrected chi connectivity index (χ0v) is 8.53. The molecule has 1 heterocycles. The number of hydrogen-bond acceptors (Lipinski definition) is 4. The molecule has 78 valence electrons. The highest BCUT2D eigenvalue weighted by atomic mass is 16.5. The molecule has 4 heteroatoms. The number of aryl methyl sites for hydroxylation is 1. The van der Waals surface area contributed by atoms with Crippen LogP contribution in [0.2, 0.25) is 0 Å². The number of esters is 1. The van der Waals surface area contributed by atoms with Crippen LogP contribution in [-0.2, 0) is 4.74 Å². The van der Waals surface area contributed by atoms with Crippen LogP contribution < -0.4 is 5.73 Å². The van der Waals surface area contributed by atoms with E-state index in [1.54, 1.807) is 18.2 Å². The molecule has 1 aromatic carbocycles. The van der Waals surface area contributed by atoms with Crippen LogP contribution in [0.25, 0.3) is 11.0 Å². The Balaban J connectivity index is 2.61. The molecule has 15 heavy (non-hydrogen) atoms. The fraction of sp³-hybridized carbons (Fsp3) is 0.182. The van der Waals surface area contributed by atoms with E-state index < -0.39 is 5.97 Å². The summed E-state index contributed by atoms with van der Waals surface area (Å²) in [4.78, 5) is 11.2. The minimum atomic E-state index is -0.484. The SMILES string of the molecule is COC(=O)c1cc2cc(N)c(C)cc2o1. The number of benzene rings is 1. The van der Waals surface area contributed by atoms with Crippen molar-refractivity contribution in [3.8, 4) is 0 Å². The van der Waals surface area contributed by atoms with Gasteiger partial charge < -0.3 is 14.9 Å². The third-order valence-electron chi connectivity index (χ3n) is 2.29. The van der Waals surface area contributed by atoms with E-state index in [1.807, 2.05) is 6.92 Å². The molecule has 0 spiro atoms. The number of furan rings is 1. The highest BCUT2D eigenvalue weighted by Gasteiger charge is 2.12. The first-order valence-corrected chi connectivity index (χ1v) is 4.50. The predicted molar refractivity (Wildman–Crippen MR) is 56.7 cm³/mol. The molecule has 4 nitrogen and oxygen atoms in total. The second-order valence-electron chi connectivity index (χ2n) is 3.35. The van der Waals surface area contributed by atoms with Gasteiger partial charge in [-0.1, -0.05) is 0 Å². The second-order valence-corrected chi connectivity index (χ2v) is 3.35. The molecular formula is C11H11NO3. The van der Waals surface area contributed by atoms with E-state index in [4.69, 9.17) is 10.2 Å². The van der Waals surface area contributed by atoms with Gasteiger partial charge >= 0.3 is 5.97 Å². The standard InChI is InChI=1S/C11H11NO3/c1-6-3-9-7(4-8(6)12)5-10(15-9)11(13)14-2/h3-5H,12H2,1-2H3. The van der Waals surface area contributed by atoms with Gasteiger partial charge in [-0.2, -0.15) is 0 Å². The van der Waals surface area contributed by atoms with Crippen LogP contribution >= 0.6 is 0 Å². The molecule has 0 unspecified atom stereocenters. The summed E-state index contributed by atoms with van der Waals surface area (Å²) in [5.41, 5.74) is 7.99. The lowest BCUT2D eigenvalue weighted by atomic mass is 10.1. The number of carbonyl (C=O) groups excluding carboxylic acids is 1. The number of ether oxygens (including phenoxy) is 1. The van der Waals surface area contributed by atoms with Gasteiger partial charge in [0.15, 0.2) is 0 Å². The maximum absolute atomic E-state index is 11.2. The van der Waals surface area contributed by atoms with Gasteiger partial charge in [-0.25, -0.2) is 4.79 Å². The molecule has 0 saturated heterocycles. The normalized spacial score (nSPS) is 10.5. The fourth-order valence-corrected chi connectivity index (χ4v) is 1.41. The summed E-state index contributed by atoms with van der Waals surface area (Å²) in [6.45, 7) is 1.88. The van der Waals surface area contributed by atoms with Gasteiger partial charge in [-0.15, -0.1) is 0 Å². The van der Waals surface area contributed by atoms with E-state index in [0.717, 1.165) is 10.9 Å². The van der Waals surface area contributed by atoms with Gasteiger partial charge in [0, 0.05) is 11.1 Å². The van der Waals surface area contributed by atoms with Crippen LogP contribution in [0.1, 0.15) is 16.1 Å². The van der Waals surface area contributed by atoms with Crippen LogP contribution in [0.5, 0.6) is 0 Å². The average Bonchev–Trinajstić information content (AvgIpc) is 2.60. The average molecular weight is 205 g/mol. The van der Waals surface area contributed by atoms with Crippen molar-refractivity contribution in [1.29, 1.82) is 0 Å². The van der Waals surface area contributed by atoms with Gasteiger partial charge in [-0.3, -0.25) is 0 Å². The van der Waals surface area contributed by atoms with Crippen molar-refractivity contribution in [2.45, 2.75) is 6.92 Å². The molecule has 0 atom stereocenters. The first-order valence-electron chi connectivity index (χ1n) is 4.50. The van der Waals surface area contributed by atoms with Crippen molar-refractivity contribution in [2.75, 3.05) is 12.8 Å². The molecule has 0 bridgehead atoms. The number of nitrogens with two attached hydrogens (primary N) is 1. The zero-order chi connectivity index (χ0) is 11.0. The molecule has 0 fully saturated rings. The number of anilines is 1. The van der Waals surface area contributed by atoms with Gasteiger partial charge in [0.2, 0.25) is 5.76 Å². The highest BCUT2D eigenvalue weighted by Crippen LogP contribution is 2.24. The van der Waals surface area contributed by atoms with Crippen molar-refractivity contribution in [1.82, 2.24) is 0 Å². The summed E-state index contributed by atoms with van der Waals surface area (Å²) in [5.74, 6) is -0.292. The first-order chi connectivity index (χ1) is 7.11. The molecule has 0 aliphatic heterocycles. The molecule has 2 N–H and O–H groups in total. The third-order valence-corrected chi connectivity index (χ3v) is 2.29. The fourth-order valence-electron chi connectivity index (χ4n) is 1.41. The quantitative estimate of drug-likeness (QED) is 0.572. The number of methoxy groups -OCH3 is 1. The lowest BCUT2D eigenvalue weighted by Crippen LogP contribution is -1.97. The van der Waals surface area contributed by atoms with Crippen LogP contribution in [0.4, 0.5) is 5.69 Å². The Morgan fingerprint density at radius 3 is 2.80 bits per heavy atom. The summed E-state index contributed by atoms with van der Waals surface area (Å²) in [5, 5.41) is 0.804. The number of rotatable bonds is 1. The van der Waals surface area contributed by atoms with E-state index in [2.05, 4.69) is 4.74 Å². The molecule has 0 amide bonds. The first kappa shape index (κ1) is 9.58. The van der Waals surface area contributed by atoms with Crippen molar-refractivity contribution < 1.29 is 13.9 Å². The van der Waals surface area contributed by atoms with Gasteiger partial charge in [0.05, 0.1) is 7.11 Å². The van der Waals surface area contributed by atoms with Gasteiger partial charge in [0.1, 0.15) is 5.58 Å². The summed E-state index contributed by atoms with van der Waals surface area (Å²) in [6.07, 6.45) is 0. The van der Waals surface area contributed by atoms with E-state index in [9.17, 15) is 4.79 Å². The van der Waals surface area contributed by atoms with Crippen molar-refractivity contribution in [2.24, 2.45) is 0 Å². The van der Waals surface area contributed by atoms with Crippen LogP contribution in [0.3, 0.4) is 0 Å². The second kappa shape index (κ2) is 3.31. The van der Waals surface area contributed by atoms with Crippen molar-refractivity contribution >= 4 is 22.6 Å². The van der Waals surface area contributed by atoms with Gasteiger partial charge in [0.25, 0.3) is 0 Å². The Labute approximate surface area is 86.6 Å². The van der Waals surface area contributed by atoms with E-state index in [1.165, 1.54) is 7.11 Å². The lowest BCUT2D eigenvalue weighted by Gasteiger charge is -1.97. The van der Waals surface area contributed by atoms with Crippen LogP contribution in [0.15, 0.2) is 22.6 Å². The maximum atomic E-state index is 11.2. The van der Waals surface area contributed by atoms with Crippen molar-refractivity contribution in [3.05, 3.63) is 29.5 Å². The van der Waals surface area contributed by atoms with Crippen LogP contribution in [-0.4, -0.2) is 13.1 Å². The molecule has 0 radical (unpaired) electrons. The Bertz CT molecular complexity index is 489. The third kappa shape index (κ3) is 1.54.